The second-order valence-electron chi connectivity index (χ2n) is 6.28. The van der Waals surface area contributed by atoms with Gasteiger partial charge in [0, 0.05) is 13.1 Å². The molecule has 1 atom stereocenters. The quantitative estimate of drug-likeness (QED) is 0.918. The van der Waals surface area contributed by atoms with Gasteiger partial charge in [-0.05, 0) is 23.9 Å². The molecule has 0 bridgehead atoms. The third kappa shape index (κ3) is 3.01. The minimum atomic E-state index is -0.0588. The van der Waals surface area contributed by atoms with Gasteiger partial charge >= 0.3 is 0 Å². The number of benzene rings is 1. The predicted molar refractivity (Wildman–Crippen MR) is 83.2 cm³/mol. The summed E-state index contributed by atoms with van der Waals surface area (Å²) in [5, 5.41) is 8.08. The summed E-state index contributed by atoms with van der Waals surface area (Å²) in [5.41, 5.74) is 7.34. The largest absolute Gasteiger partial charge is 0.337 e. The first kappa shape index (κ1) is 14.7. The standard InChI is InChI=1S/C16H21N5O/c1-16(11-17)7-8-20(12-16)15(22)14-10-21(19-18-14)9-13-5-3-2-4-6-13/h2-6,10H,7-9,11-12,17H2,1H3. The van der Waals surface area contributed by atoms with Crippen molar-refractivity contribution in [1.29, 1.82) is 0 Å². The van der Waals surface area contributed by atoms with Gasteiger partial charge in [0.05, 0.1) is 12.7 Å². The maximum absolute atomic E-state index is 12.5. The maximum atomic E-state index is 12.5. The van der Waals surface area contributed by atoms with Crippen LogP contribution in [0, 0.1) is 5.41 Å². The van der Waals surface area contributed by atoms with Crippen molar-refractivity contribution in [3.63, 3.8) is 0 Å². The summed E-state index contributed by atoms with van der Waals surface area (Å²) in [6, 6.07) is 9.99. The highest BCUT2D eigenvalue weighted by atomic mass is 16.2. The van der Waals surface area contributed by atoms with Crippen LogP contribution in [0.25, 0.3) is 0 Å². The molecule has 116 valence electrons. The average Bonchev–Trinajstić information content (AvgIpc) is 3.15. The topological polar surface area (TPSA) is 77.0 Å². The van der Waals surface area contributed by atoms with Crippen LogP contribution in [0.2, 0.25) is 0 Å². The Balaban J connectivity index is 1.67. The smallest absolute Gasteiger partial charge is 0.276 e. The molecule has 1 aliphatic heterocycles. The number of nitrogens with zero attached hydrogens (tertiary/aromatic N) is 4. The van der Waals surface area contributed by atoms with E-state index >= 15 is 0 Å². The Bertz CT molecular complexity index is 654. The first-order valence-electron chi connectivity index (χ1n) is 7.53. The molecule has 0 saturated carbocycles. The molecule has 6 heteroatoms. The van der Waals surface area contributed by atoms with E-state index in [1.54, 1.807) is 10.9 Å². The van der Waals surface area contributed by atoms with Crippen LogP contribution in [0.1, 0.15) is 29.4 Å². The van der Waals surface area contributed by atoms with Crippen molar-refractivity contribution in [2.75, 3.05) is 19.6 Å². The summed E-state index contributed by atoms with van der Waals surface area (Å²) in [6.45, 7) is 4.75. The Morgan fingerprint density at radius 3 is 2.82 bits per heavy atom. The van der Waals surface area contributed by atoms with E-state index in [0.29, 0.717) is 25.3 Å². The Kier molecular flexibility index (Phi) is 3.94. The third-order valence-corrected chi connectivity index (χ3v) is 4.28. The van der Waals surface area contributed by atoms with E-state index in [-0.39, 0.29) is 11.3 Å². The monoisotopic (exact) mass is 299 g/mol. The lowest BCUT2D eigenvalue weighted by Crippen LogP contribution is -2.34. The van der Waals surface area contributed by atoms with Crippen molar-refractivity contribution in [2.24, 2.45) is 11.1 Å². The average molecular weight is 299 g/mol. The Labute approximate surface area is 129 Å². The van der Waals surface area contributed by atoms with Crippen LogP contribution in [0.5, 0.6) is 0 Å². The van der Waals surface area contributed by atoms with Crippen molar-refractivity contribution in [2.45, 2.75) is 19.9 Å². The number of nitrogens with two attached hydrogens (primary N) is 1. The van der Waals surface area contributed by atoms with E-state index < -0.39 is 0 Å². The summed E-state index contributed by atoms with van der Waals surface area (Å²) in [6.07, 6.45) is 2.65. The zero-order valence-corrected chi connectivity index (χ0v) is 12.8. The summed E-state index contributed by atoms with van der Waals surface area (Å²) in [5.74, 6) is -0.0588. The molecule has 1 amide bonds. The van der Waals surface area contributed by atoms with E-state index in [0.717, 1.165) is 18.5 Å². The molecular weight excluding hydrogens is 278 g/mol. The Hall–Kier alpha value is -2.21. The fraction of sp³-hybridized carbons (Fsp3) is 0.438. The molecule has 0 spiro atoms. The molecule has 2 heterocycles. The van der Waals surface area contributed by atoms with Crippen molar-refractivity contribution < 1.29 is 4.79 Å². The van der Waals surface area contributed by atoms with Gasteiger partial charge in [0.15, 0.2) is 5.69 Å². The van der Waals surface area contributed by atoms with Crippen LogP contribution >= 0.6 is 0 Å². The molecule has 3 rings (SSSR count). The number of likely N-dealkylation sites (tertiary alicyclic amines) is 1. The van der Waals surface area contributed by atoms with Crippen LogP contribution in [-0.4, -0.2) is 45.4 Å². The van der Waals surface area contributed by atoms with Gasteiger partial charge in [0.1, 0.15) is 0 Å². The van der Waals surface area contributed by atoms with Gasteiger partial charge in [0.2, 0.25) is 0 Å². The fourth-order valence-electron chi connectivity index (χ4n) is 2.77. The summed E-state index contributed by atoms with van der Waals surface area (Å²) < 4.78 is 1.70. The van der Waals surface area contributed by atoms with Gasteiger partial charge in [-0.15, -0.1) is 5.10 Å². The van der Waals surface area contributed by atoms with Crippen LogP contribution in [-0.2, 0) is 6.54 Å². The molecule has 0 radical (unpaired) electrons. The fourth-order valence-corrected chi connectivity index (χ4v) is 2.77. The van der Waals surface area contributed by atoms with Gasteiger partial charge in [-0.3, -0.25) is 4.79 Å². The van der Waals surface area contributed by atoms with Crippen LogP contribution in [0.3, 0.4) is 0 Å². The third-order valence-electron chi connectivity index (χ3n) is 4.28. The van der Waals surface area contributed by atoms with E-state index in [2.05, 4.69) is 17.2 Å². The number of aromatic nitrogens is 3. The van der Waals surface area contributed by atoms with Gasteiger partial charge in [-0.1, -0.05) is 42.5 Å². The molecule has 22 heavy (non-hydrogen) atoms. The van der Waals surface area contributed by atoms with Crippen molar-refractivity contribution in [1.82, 2.24) is 19.9 Å². The number of amides is 1. The summed E-state index contributed by atoms with van der Waals surface area (Å²) >= 11 is 0. The molecule has 1 fully saturated rings. The molecule has 1 unspecified atom stereocenters. The van der Waals surface area contributed by atoms with Gasteiger partial charge in [-0.2, -0.15) is 0 Å². The summed E-state index contributed by atoms with van der Waals surface area (Å²) in [4.78, 5) is 14.3. The van der Waals surface area contributed by atoms with Gasteiger partial charge in [0.25, 0.3) is 5.91 Å². The zero-order valence-electron chi connectivity index (χ0n) is 12.8. The molecule has 0 aliphatic carbocycles. The highest BCUT2D eigenvalue weighted by molar-refractivity contribution is 5.92. The molecule has 1 aliphatic rings. The molecular formula is C16H21N5O. The predicted octanol–water partition coefficient (Wildman–Crippen LogP) is 1.14. The van der Waals surface area contributed by atoms with Crippen LogP contribution < -0.4 is 5.73 Å². The number of hydrogen-bond donors (Lipinski definition) is 1. The van der Waals surface area contributed by atoms with Gasteiger partial charge in [-0.25, -0.2) is 4.68 Å². The highest BCUT2D eigenvalue weighted by Gasteiger charge is 2.35. The minimum Gasteiger partial charge on any atom is -0.337 e. The van der Waals surface area contributed by atoms with Gasteiger partial charge < -0.3 is 10.6 Å². The second-order valence-corrected chi connectivity index (χ2v) is 6.28. The lowest BCUT2D eigenvalue weighted by atomic mass is 9.90. The van der Waals surface area contributed by atoms with E-state index in [4.69, 9.17) is 5.73 Å². The summed E-state index contributed by atoms with van der Waals surface area (Å²) in [7, 11) is 0. The second kappa shape index (κ2) is 5.88. The molecule has 1 aromatic carbocycles. The number of carbonyl (C=O) groups is 1. The van der Waals surface area contributed by atoms with Crippen LogP contribution in [0.15, 0.2) is 36.5 Å². The van der Waals surface area contributed by atoms with Crippen molar-refractivity contribution in [3.8, 4) is 0 Å². The van der Waals surface area contributed by atoms with E-state index in [9.17, 15) is 4.79 Å². The van der Waals surface area contributed by atoms with Crippen LogP contribution in [0.4, 0.5) is 0 Å². The minimum absolute atomic E-state index is 0.0235. The number of carbonyl (C=O) groups excluding carboxylic acids is 1. The normalized spacial score (nSPS) is 21.3. The SMILES string of the molecule is CC1(CN)CCN(C(=O)c2cn(Cc3ccccc3)nn2)C1. The van der Waals surface area contributed by atoms with E-state index in [1.165, 1.54) is 0 Å². The number of rotatable bonds is 4. The van der Waals surface area contributed by atoms with E-state index in [1.807, 2.05) is 35.2 Å². The highest BCUT2D eigenvalue weighted by Crippen LogP contribution is 2.29. The van der Waals surface area contributed by atoms with Crippen molar-refractivity contribution in [3.05, 3.63) is 47.8 Å². The molecule has 2 N–H and O–H groups in total. The first-order valence-corrected chi connectivity index (χ1v) is 7.53. The Morgan fingerprint density at radius 2 is 2.14 bits per heavy atom. The molecule has 6 nitrogen and oxygen atoms in total. The lowest BCUT2D eigenvalue weighted by molar-refractivity contribution is 0.0771. The zero-order chi connectivity index (χ0) is 15.6. The lowest BCUT2D eigenvalue weighted by Gasteiger charge is -2.21. The molecule has 1 aromatic heterocycles. The number of hydrogen-bond acceptors (Lipinski definition) is 4. The first-order chi connectivity index (χ1) is 10.6. The molecule has 2 aromatic rings. The Morgan fingerprint density at radius 1 is 1.36 bits per heavy atom. The molecule has 1 saturated heterocycles. The van der Waals surface area contributed by atoms with Crippen molar-refractivity contribution >= 4 is 5.91 Å². The maximum Gasteiger partial charge on any atom is 0.276 e.